The maximum absolute atomic E-state index is 12.2. The molecule has 36 heavy (non-hydrogen) atoms. The van der Waals surface area contributed by atoms with Crippen molar-refractivity contribution in [3.63, 3.8) is 0 Å². The van der Waals surface area contributed by atoms with Crippen LogP contribution in [-0.4, -0.2) is 48.1 Å². The van der Waals surface area contributed by atoms with E-state index < -0.39 is 0 Å². The molecule has 0 aliphatic heterocycles. The summed E-state index contributed by atoms with van der Waals surface area (Å²) in [6.07, 6.45) is 3.36. The van der Waals surface area contributed by atoms with Gasteiger partial charge in [0.25, 0.3) is 11.1 Å². The van der Waals surface area contributed by atoms with Gasteiger partial charge in [0.2, 0.25) is 0 Å². The summed E-state index contributed by atoms with van der Waals surface area (Å²) in [7, 11) is 0. The number of aromatic nitrogens is 1. The molecule has 0 atom stereocenters. The highest BCUT2D eigenvalue weighted by atomic mass is 35.5. The summed E-state index contributed by atoms with van der Waals surface area (Å²) in [6, 6.07) is 23.2. The largest absolute Gasteiger partial charge is 0.492 e. The fourth-order valence-electron chi connectivity index (χ4n) is 3.98. The van der Waals surface area contributed by atoms with E-state index in [1.165, 1.54) is 24.2 Å². The topological polar surface area (TPSA) is 63.7 Å². The molecule has 1 heterocycles. The number of halogens is 1. The average molecular weight is 522 g/mol. The van der Waals surface area contributed by atoms with Crippen LogP contribution < -0.4 is 14.8 Å². The van der Waals surface area contributed by atoms with E-state index >= 15 is 0 Å². The number of amides is 1. The minimum Gasteiger partial charge on any atom is -0.492 e. The van der Waals surface area contributed by atoms with Gasteiger partial charge in [0.1, 0.15) is 18.1 Å². The molecule has 1 aliphatic rings. The number of rotatable bonds is 12. The Morgan fingerprint density at radius 1 is 1.00 bits per heavy atom. The predicted molar refractivity (Wildman–Crippen MR) is 145 cm³/mol. The van der Waals surface area contributed by atoms with Crippen molar-refractivity contribution in [3.8, 4) is 16.7 Å². The van der Waals surface area contributed by atoms with Crippen molar-refractivity contribution in [2.75, 3.05) is 26.2 Å². The number of hydrogen-bond acceptors (Lipinski definition) is 6. The second-order valence-electron chi connectivity index (χ2n) is 8.75. The Hall–Kier alpha value is -3.13. The van der Waals surface area contributed by atoms with E-state index in [0.717, 1.165) is 41.2 Å². The number of hydrogen-bond donors (Lipinski definition) is 1. The molecule has 1 aromatic heterocycles. The Bertz CT molecular complexity index is 1260. The molecule has 0 radical (unpaired) electrons. The van der Waals surface area contributed by atoms with Gasteiger partial charge < -0.3 is 14.8 Å². The first-order valence-corrected chi connectivity index (χ1v) is 13.4. The number of ether oxygens (including phenoxy) is 2. The van der Waals surface area contributed by atoms with Gasteiger partial charge >= 0.3 is 0 Å². The number of benzene rings is 3. The minimum absolute atomic E-state index is 0.0662. The highest BCUT2D eigenvalue weighted by molar-refractivity contribution is 7.20. The Balaban J connectivity index is 1.03. The lowest BCUT2D eigenvalue weighted by Crippen LogP contribution is -2.34. The van der Waals surface area contributed by atoms with Crippen LogP contribution in [0.4, 0.5) is 0 Å². The SMILES string of the molecule is O=C(NCCCN(CCOc1ccc(Oc2nc3ccccc3s2)cc1)C1CC1)c1ccc(Cl)cc1. The normalized spacial score (nSPS) is 13.2. The summed E-state index contributed by atoms with van der Waals surface area (Å²) in [6.45, 7) is 3.05. The molecule has 6 nitrogen and oxygen atoms in total. The van der Waals surface area contributed by atoms with Gasteiger partial charge in [-0.1, -0.05) is 35.1 Å². The van der Waals surface area contributed by atoms with Crippen LogP contribution in [0.5, 0.6) is 16.7 Å². The highest BCUT2D eigenvalue weighted by Gasteiger charge is 2.28. The minimum atomic E-state index is -0.0662. The molecule has 5 rings (SSSR count). The molecule has 1 amide bonds. The van der Waals surface area contributed by atoms with Crippen LogP contribution in [0.1, 0.15) is 29.6 Å². The average Bonchev–Trinajstić information content (AvgIpc) is 3.66. The molecule has 8 heteroatoms. The van der Waals surface area contributed by atoms with Crippen LogP contribution in [0, 0.1) is 0 Å². The fourth-order valence-corrected chi connectivity index (χ4v) is 4.95. The molecule has 0 bridgehead atoms. The summed E-state index contributed by atoms with van der Waals surface area (Å²) in [5.41, 5.74) is 1.57. The van der Waals surface area contributed by atoms with Gasteiger partial charge in [-0.15, -0.1) is 0 Å². The van der Waals surface area contributed by atoms with E-state index in [1.54, 1.807) is 24.3 Å². The molecular weight excluding hydrogens is 494 g/mol. The van der Waals surface area contributed by atoms with Crippen LogP contribution in [0.2, 0.25) is 5.02 Å². The van der Waals surface area contributed by atoms with E-state index in [2.05, 4.69) is 15.2 Å². The number of carbonyl (C=O) groups excluding carboxylic acids is 1. The van der Waals surface area contributed by atoms with E-state index in [-0.39, 0.29) is 5.91 Å². The molecule has 1 saturated carbocycles. The van der Waals surface area contributed by atoms with Crippen molar-refractivity contribution in [1.82, 2.24) is 15.2 Å². The monoisotopic (exact) mass is 521 g/mol. The van der Waals surface area contributed by atoms with Crippen molar-refractivity contribution in [2.24, 2.45) is 0 Å². The lowest BCUT2D eigenvalue weighted by Gasteiger charge is -2.22. The third kappa shape index (κ3) is 6.75. The molecular formula is C28H28ClN3O3S. The molecule has 0 unspecified atom stereocenters. The van der Waals surface area contributed by atoms with Gasteiger partial charge in [0.15, 0.2) is 0 Å². The van der Waals surface area contributed by atoms with E-state index in [9.17, 15) is 4.79 Å². The Kier molecular flexibility index (Phi) is 8.01. The van der Waals surface area contributed by atoms with Crippen LogP contribution in [0.25, 0.3) is 10.2 Å². The number of thiazole rings is 1. The Morgan fingerprint density at radius 2 is 1.75 bits per heavy atom. The smallest absolute Gasteiger partial charge is 0.279 e. The van der Waals surface area contributed by atoms with Crippen LogP contribution >= 0.6 is 22.9 Å². The van der Waals surface area contributed by atoms with Crippen molar-refractivity contribution in [2.45, 2.75) is 25.3 Å². The molecule has 186 valence electrons. The molecule has 0 spiro atoms. The molecule has 4 aromatic rings. The Labute approximate surface area is 219 Å². The zero-order valence-corrected chi connectivity index (χ0v) is 21.4. The van der Waals surface area contributed by atoms with Crippen molar-refractivity contribution >= 4 is 39.1 Å². The molecule has 0 saturated heterocycles. The van der Waals surface area contributed by atoms with Gasteiger partial charge in [-0.25, -0.2) is 4.98 Å². The lowest BCUT2D eigenvalue weighted by atomic mass is 10.2. The second-order valence-corrected chi connectivity index (χ2v) is 10.2. The molecule has 1 fully saturated rings. The standard InChI is InChI=1S/C28H28ClN3O3S/c29-21-8-6-20(7-9-21)27(33)30-16-3-17-32(22-10-11-22)18-19-34-23-12-14-24(15-13-23)35-28-31-25-4-1-2-5-26(25)36-28/h1-2,4-9,12-15,22H,3,10-11,16-19H2,(H,30,33). The fraction of sp³-hybridized carbons (Fsp3) is 0.286. The zero-order chi connectivity index (χ0) is 24.7. The predicted octanol–water partition coefficient (Wildman–Crippen LogP) is 6.41. The Morgan fingerprint density at radius 3 is 2.50 bits per heavy atom. The van der Waals surface area contributed by atoms with Crippen LogP contribution in [-0.2, 0) is 0 Å². The third-order valence-corrected chi connectivity index (χ3v) is 7.19. The van der Waals surface area contributed by atoms with E-state index in [1.807, 2.05) is 48.5 Å². The van der Waals surface area contributed by atoms with Crippen LogP contribution in [0.3, 0.4) is 0 Å². The quantitative estimate of drug-likeness (QED) is 0.218. The molecule has 3 aromatic carbocycles. The van der Waals surface area contributed by atoms with Crippen molar-refractivity contribution in [3.05, 3.63) is 83.4 Å². The van der Waals surface area contributed by atoms with Gasteiger partial charge in [-0.3, -0.25) is 9.69 Å². The second kappa shape index (κ2) is 11.7. The summed E-state index contributed by atoms with van der Waals surface area (Å²) in [5.74, 6) is 1.49. The molecule has 1 N–H and O–H groups in total. The summed E-state index contributed by atoms with van der Waals surface area (Å²) in [5, 5.41) is 4.25. The maximum Gasteiger partial charge on any atom is 0.279 e. The number of fused-ring (bicyclic) bond motifs is 1. The van der Waals surface area contributed by atoms with Gasteiger partial charge in [-0.2, -0.15) is 0 Å². The first-order chi connectivity index (χ1) is 17.6. The summed E-state index contributed by atoms with van der Waals surface area (Å²) < 4.78 is 13.0. The van der Waals surface area contributed by atoms with Crippen LogP contribution in [0.15, 0.2) is 72.8 Å². The first kappa shape index (κ1) is 24.6. The third-order valence-electron chi connectivity index (χ3n) is 6.03. The zero-order valence-electron chi connectivity index (χ0n) is 19.9. The number of nitrogens with zero attached hydrogens (tertiary/aromatic N) is 2. The summed E-state index contributed by atoms with van der Waals surface area (Å²) in [4.78, 5) is 19.2. The van der Waals surface area contributed by atoms with Crippen molar-refractivity contribution in [1.29, 1.82) is 0 Å². The summed E-state index contributed by atoms with van der Waals surface area (Å²) >= 11 is 7.42. The van der Waals surface area contributed by atoms with E-state index in [0.29, 0.717) is 35.0 Å². The lowest BCUT2D eigenvalue weighted by molar-refractivity contribution is 0.0951. The van der Waals surface area contributed by atoms with Gasteiger partial charge in [0, 0.05) is 36.3 Å². The maximum atomic E-state index is 12.2. The van der Waals surface area contributed by atoms with Gasteiger partial charge in [0.05, 0.1) is 10.2 Å². The van der Waals surface area contributed by atoms with Gasteiger partial charge in [-0.05, 0) is 79.9 Å². The number of carbonyl (C=O) groups is 1. The first-order valence-electron chi connectivity index (χ1n) is 12.2. The molecule has 1 aliphatic carbocycles. The number of nitrogens with one attached hydrogen (secondary N) is 1. The number of para-hydroxylation sites is 1. The van der Waals surface area contributed by atoms with E-state index in [4.69, 9.17) is 21.1 Å². The highest BCUT2D eigenvalue weighted by Crippen LogP contribution is 2.32. The van der Waals surface area contributed by atoms with Crippen molar-refractivity contribution < 1.29 is 14.3 Å².